The number of carbonyl (C=O) groups is 1. The van der Waals surface area contributed by atoms with Crippen LogP contribution < -0.4 is 9.80 Å². The fourth-order valence-electron chi connectivity index (χ4n) is 2.45. The number of hydrogen-bond donors (Lipinski definition) is 0. The van der Waals surface area contributed by atoms with Gasteiger partial charge in [0.05, 0.1) is 25.6 Å². The second-order valence-electron chi connectivity index (χ2n) is 5.30. The van der Waals surface area contributed by atoms with E-state index in [0.717, 1.165) is 16.3 Å². The first-order valence-corrected chi connectivity index (χ1v) is 7.97. The van der Waals surface area contributed by atoms with E-state index in [-0.39, 0.29) is 6.61 Å². The van der Waals surface area contributed by atoms with Crippen LogP contribution in [-0.4, -0.2) is 30.1 Å². The van der Waals surface area contributed by atoms with Crippen molar-refractivity contribution in [2.24, 2.45) is 0 Å². The Balaban J connectivity index is 1.75. The Labute approximate surface area is 151 Å². The van der Waals surface area contributed by atoms with Crippen LogP contribution in [0.15, 0.2) is 66.9 Å². The van der Waals surface area contributed by atoms with E-state index in [2.05, 4.69) is 5.10 Å². The standard InChI is InChI=1S/C19H19N3O4/c1-24-19(23)22(25-2)17-11-7-6-8-15(17)14-26-18-12-13-21(20-18)16-9-4-3-5-10-16/h3-13H,14H2,1-2H3. The van der Waals surface area contributed by atoms with E-state index in [9.17, 15) is 4.79 Å². The van der Waals surface area contributed by atoms with Gasteiger partial charge in [0.25, 0.3) is 0 Å². The fraction of sp³-hybridized carbons (Fsp3) is 0.158. The average Bonchev–Trinajstić information content (AvgIpc) is 3.17. The first-order chi connectivity index (χ1) is 12.7. The van der Waals surface area contributed by atoms with Crippen molar-refractivity contribution in [3.8, 4) is 11.6 Å². The molecule has 134 valence electrons. The van der Waals surface area contributed by atoms with Crippen LogP contribution in [0.5, 0.6) is 5.88 Å². The molecule has 0 aliphatic rings. The molecular formula is C19H19N3O4. The number of aromatic nitrogens is 2. The molecule has 0 N–H and O–H groups in total. The lowest BCUT2D eigenvalue weighted by Crippen LogP contribution is -2.30. The molecular weight excluding hydrogens is 334 g/mol. The minimum atomic E-state index is -0.617. The first kappa shape index (κ1) is 17.5. The van der Waals surface area contributed by atoms with E-state index in [1.165, 1.54) is 14.2 Å². The van der Waals surface area contributed by atoms with Crippen molar-refractivity contribution in [3.63, 3.8) is 0 Å². The summed E-state index contributed by atoms with van der Waals surface area (Å²) >= 11 is 0. The number of ether oxygens (including phenoxy) is 2. The maximum Gasteiger partial charge on any atom is 0.438 e. The molecule has 0 unspecified atom stereocenters. The average molecular weight is 353 g/mol. The molecule has 3 rings (SSSR count). The summed E-state index contributed by atoms with van der Waals surface area (Å²) in [7, 11) is 2.69. The van der Waals surface area contributed by atoms with Crippen LogP contribution in [0.2, 0.25) is 0 Å². The molecule has 0 aliphatic carbocycles. The van der Waals surface area contributed by atoms with Crippen molar-refractivity contribution < 1.29 is 19.1 Å². The quantitative estimate of drug-likeness (QED) is 0.634. The van der Waals surface area contributed by atoms with Crippen molar-refractivity contribution in [2.75, 3.05) is 19.3 Å². The van der Waals surface area contributed by atoms with Gasteiger partial charge in [-0.3, -0.25) is 4.84 Å². The topological polar surface area (TPSA) is 65.8 Å². The highest BCUT2D eigenvalue weighted by Crippen LogP contribution is 2.23. The Hall–Kier alpha value is -3.32. The number of anilines is 1. The molecule has 0 fully saturated rings. The van der Waals surface area contributed by atoms with E-state index in [4.69, 9.17) is 14.3 Å². The molecule has 1 amide bonds. The number of hydrogen-bond acceptors (Lipinski definition) is 5. The summed E-state index contributed by atoms with van der Waals surface area (Å²) < 4.78 is 12.2. The molecule has 7 heteroatoms. The number of rotatable bonds is 6. The van der Waals surface area contributed by atoms with Gasteiger partial charge in [0, 0.05) is 17.8 Å². The minimum absolute atomic E-state index is 0.221. The highest BCUT2D eigenvalue weighted by atomic mass is 16.7. The SMILES string of the molecule is COC(=O)N(OC)c1ccccc1COc1ccn(-c2ccccc2)n1. The van der Waals surface area contributed by atoms with Gasteiger partial charge in [-0.15, -0.1) is 5.10 Å². The highest BCUT2D eigenvalue weighted by molar-refractivity contribution is 5.86. The lowest BCUT2D eigenvalue weighted by Gasteiger charge is -2.20. The van der Waals surface area contributed by atoms with E-state index < -0.39 is 6.09 Å². The Kier molecular flexibility index (Phi) is 5.50. The van der Waals surface area contributed by atoms with E-state index in [1.54, 1.807) is 22.9 Å². The number of hydroxylamine groups is 1. The zero-order valence-electron chi connectivity index (χ0n) is 14.5. The fourth-order valence-corrected chi connectivity index (χ4v) is 2.45. The van der Waals surface area contributed by atoms with Gasteiger partial charge < -0.3 is 9.47 Å². The molecule has 0 radical (unpaired) electrons. The van der Waals surface area contributed by atoms with Crippen LogP contribution in [0.3, 0.4) is 0 Å². The molecule has 0 bridgehead atoms. The Bertz CT molecular complexity index is 864. The molecule has 0 spiro atoms. The molecule has 0 aliphatic heterocycles. The Morgan fingerprint density at radius 1 is 1.04 bits per heavy atom. The predicted molar refractivity (Wildman–Crippen MR) is 96.2 cm³/mol. The van der Waals surface area contributed by atoms with Gasteiger partial charge in [-0.25, -0.2) is 9.48 Å². The number of nitrogens with zero attached hydrogens (tertiary/aromatic N) is 3. The summed E-state index contributed by atoms with van der Waals surface area (Å²) in [6.45, 7) is 0.221. The second kappa shape index (κ2) is 8.17. The van der Waals surface area contributed by atoms with Gasteiger partial charge in [0.15, 0.2) is 0 Å². The Morgan fingerprint density at radius 2 is 1.77 bits per heavy atom. The van der Waals surface area contributed by atoms with Crippen molar-refractivity contribution in [2.45, 2.75) is 6.61 Å². The number of para-hydroxylation sites is 2. The molecule has 2 aromatic carbocycles. The molecule has 1 heterocycles. The summed E-state index contributed by atoms with van der Waals surface area (Å²) in [5, 5.41) is 5.47. The molecule has 0 atom stereocenters. The molecule has 0 saturated heterocycles. The number of methoxy groups -OCH3 is 1. The van der Waals surface area contributed by atoms with Crippen LogP contribution in [0.4, 0.5) is 10.5 Å². The number of carbonyl (C=O) groups excluding carboxylic acids is 1. The third-order valence-corrected chi connectivity index (χ3v) is 3.69. The van der Waals surface area contributed by atoms with Gasteiger partial charge in [-0.1, -0.05) is 36.4 Å². The normalized spacial score (nSPS) is 10.4. The number of amides is 1. The molecule has 1 aromatic heterocycles. The molecule has 26 heavy (non-hydrogen) atoms. The first-order valence-electron chi connectivity index (χ1n) is 7.97. The summed E-state index contributed by atoms with van der Waals surface area (Å²) in [6, 6.07) is 18.8. The van der Waals surface area contributed by atoms with Crippen molar-refractivity contribution in [1.29, 1.82) is 0 Å². The van der Waals surface area contributed by atoms with Crippen molar-refractivity contribution in [1.82, 2.24) is 9.78 Å². The van der Waals surface area contributed by atoms with Crippen LogP contribution in [-0.2, 0) is 16.2 Å². The Morgan fingerprint density at radius 3 is 2.50 bits per heavy atom. The minimum Gasteiger partial charge on any atom is -0.472 e. The van der Waals surface area contributed by atoms with Crippen LogP contribution in [0.25, 0.3) is 5.69 Å². The van der Waals surface area contributed by atoms with E-state index in [1.807, 2.05) is 48.7 Å². The maximum absolute atomic E-state index is 11.9. The zero-order valence-corrected chi connectivity index (χ0v) is 14.5. The maximum atomic E-state index is 11.9. The van der Waals surface area contributed by atoms with Crippen LogP contribution >= 0.6 is 0 Å². The van der Waals surface area contributed by atoms with Gasteiger partial charge in [0.2, 0.25) is 5.88 Å². The molecule has 7 nitrogen and oxygen atoms in total. The highest BCUT2D eigenvalue weighted by Gasteiger charge is 2.19. The smallest absolute Gasteiger partial charge is 0.438 e. The lowest BCUT2D eigenvalue weighted by molar-refractivity contribution is 0.115. The lowest BCUT2D eigenvalue weighted by atomic mass is 10.2. The predicted octanol–water partition coefficient (Wildman–Crippen LogP) is 3.59. The van der Waals surface area contributed by atoms with Gasteiger partial charge >= 0.3 is 6.09 Å². The number of benzene rings is 2. The molecule has 0 saturated carbocycles. The zero-order chi connectivity index (χ0) is 18.4. The third kappa shape index (κ3) is 3.84. The third-order valence-electron chi connectivity index (χ3n) is 3.69. The van der Waals surface area contributed by atoms with Crippen LogP contribution in [0, 0.1) is 0 Å². The van der Waals surface area contributed by atoms with E-state index in [0.29, 0.717) is 11.6 Å². The second-order valence-corrected chi connectivity index (χ2v) is 5.30. The monoisotopic (exact) mass is 353 g/mol. The largest absolute Gasteiger partial charge is 0.472 e. The summed E-state index contributed by atoms with van der Waals surface area (Å²) in [5.74, 6) is 0.477. The van der Waals surface area contributed by atoms with Crippen molar-refractivity contribution in [3.05, 3.63) is 72.4 Å². The van der Waals surface area contributed by atoms with Crippen LogP contribution in [0.1, 0.15) is 5.56 Å². The van der Waals surface area contributed by atoms with Gasteiger partial charge in [-0.2, -0.15) is 5.06 Å². The van der Waals surface area contributed by atoms with Crippen molar-refractivity contribution >= 4 is 11.8 Å². The van der Waals surface area contributed by atoms with Gasteiger partial charge in [-0.05, 0) is 18.2 Å². The molecule has 3 aromatic rings. The van der Waals surface area contributed by atoms with E-state index >= 15 is 0 Å². The summed E-state index contributed by atoms with van der Waals surface area (Å²) in [5.41, 5.74) is 2.25. The summed E-state index contributed by atoms with van der Waals surface area (Å²) in [6.07, 6.45) is 1.21. The van der Waals surface area contributed by atoms with Gasteiger partial charge in [0.1, 0.15) is 6.61 Å². The summed E-state index contributed by atoms with van der Waals surface area (Å²) in [4.78, 5) is 17.0.